The smallest absolute Gasteiger partial charge is 0.252 e. The Morgan fingerprint density at radius 2 is 2.11 bits per heavy atom. The fourth-order valence-electron chi connectivity index (χ4n) is 2.14. The summed E-state index contributed by atoms with van der Waals surface area (Å²) in [6.45, 7) is 4.12. The average Bonchev–Trinajstić information content (AvgIpc) is 2.37. The quantitative estimate of drug-likeness (QED) is 0.760. The number of rotatable bonds is 3. The third-order valence-corrected chi connectivity index (χ3v) is 3.38. The summed E-state index contributed by atoms with van der Waals surface area (Å²) in [5, 5.41) is 5.95. The highest BCUT2D eigenvalue weighted by Gasteiger charge is 2.28. The van der Waals surface area contributed by atoms with Gasteiger partial charge in [0, 0.05) is 17.8 Å². The maximum Gasteiger partial charge on any atom is 0.252 e. The zero-order valence-electron chi connectivity index (χ0n) is 11.2. The molecule has 0 aliphatic carbocycles. The van der Waals surface area contributed by atoms with Crippen LogP contribution in [0.15, 0.2) is 18.2 Å². The summed E-state index contributed by atoms with van der Waals surface area (Å²) in [6, 6.07) is 5.58. The van der Waals surface area contributed by atoms with Gasteiger partial charge in [-0.3, -0.25) is 9.59 Å². The number of anilines is 1. The molecule has 4 N–H and O–H groups in total. The lowest BCUT2D eigenvalue weighted by Gasteiger charge is -2.25. The van der Waals surface area contributed by atoms with E-state index in [0.717, 1.165) is 30.6 Å². The second-order valence-electron chi connectivity index (χ2n) is 5.31. The van der Waals surface area contributed by atoms with Gasteiger partial charge in [-0.05, 0) is 44.4 Å². The Morgan fingerprint density at radius 1 is 1.37 bits per heavy atom. The number of amides is 2. The first-order valence-electron chi connectivity index (χ1n) is 6.40. The van der Waals surface area contributed by atoms with Crippen LogP contribution in [0.3, 0.4) is 0 Å². The van der Waals surface area contributed by atoms with Crippen molar-refractivity contribution >= 4 is 17.5 Å². The van der Waals surface area contributed by atoms with Gasteiger partial charge in [0.05, 0.1) is 0 Å². The second-order valence-corrected chi connectivity index (χ2v) is 5.31. The molecule has 2 amide bonds. The van der Waals surface area contributed by atoms with Gasteiger partial charge in [0.25, 0.3) is 5.91 Å². The van der Waals surface area contributed by atoms with Crippen LogP contribution in [-0.4, -0.2) is 23.9 Å². The molecule has 0 bridgehead atoms. The SMILES string of the molecule is CC(C)(NC(=O)c1cccc2c1CCCN2)C(N)=O. The van der Waals surface area contributed by atoms with E-state index in [1.807, 2.05) is 12.1 Å². The lowest BCUT2D eigenvalue weighted by molar-refractivity contribution is -0.122. The molecule has 0 radical (unpaired) electrons. The molecule has 0 atom stereocenters. The first-order chi connectivity index (χ1) is 8.92. The molecular formula is C14H19N3O2. The van der Waals surface area contributed by atoms with E-state index in [0.29, 0.717) is 5.56 Å². The summed E-state index contributed by atoms with van der Waals surface area (Å²) in [7, 11) is 0. The molecule has 1 aliphatic heterocycles. The number of benzene rings is 1. The van der Waals surface area contributed by atoms with Crippen LogP contribution in [-0.2, 0) is 11.2 Å². The van der Waals surface area contributed by atoms with E-state index in [-0.39, 0.29) is 5.91 Å². The maximum atomic E-state index is 12.3. The molecule has 0 unspecified atom stereocenters. The van der Waals surface area contributed by atoms with Gasteiger partial charge in [0.1, 0.15) is 5.54 Å². The van der Waals surface area contributed by atoms with Crippen LogP contribution in [0.1, 0.15) is 36.2 Å². The summed E-state index contributed by atoms with van der Waals surface area (Å²) in [4.78, 5) is 23.6. The molecule has 5 heteroatoms. The van der Waals surface area contributed by atoms with Gasteiger partial charge in [-0.2, -0.15) is 0 Å². The Labute approximate surface area is 112 Å². The third-order valence-electron chi connectivity index (χ3n) is 3.38. The lowest BCUT2D eigenvalue weighted by Crippen LogP contribution is -2.53. The van der Waals surface area contributed by atoms with Gasteiger partial charge in [-0.25, -0.2) is 0 Å². The molecule has 19 heavy (non-hydrogen) atoms. The maximum absolute atomic E-state index is 12.3. The monoisotopic (exact) mass is 261 g/mol. The molecule has 0 saturated heterocycles. The van der Waals surface area contributed by atoms with Crippen LogP contribution in [0, 0.1) is 0 Å². The van der Waals surface area contributed by atoms with Crippen LogP contribution >= 0.6 is 0 Å². The Bertz CT molecular complexity index is 523. The van der Waals surface area contributed by atoms with Crippen molar-refractivity contribution in [1.82, 2.24) is 5.32 Å². The Hall–Kier alpha value is -2.04. The van der Waals surface area contributed by atoms with Crippen molar-refractivity contribution in [1.29, 1.82) is 0 Å². The van der Waals surface area contributed by atoms with Gasteiger partial charge in [-0.1, -0.05) is 6.07 Å². The fourth-order valence-corrected chi connectivity index (χ4v) is 2.14. The molecule has 0 fully saturated rings. The first kappa shape index (κ1) is 13.4. The number of fused-ring (bicyclic) bond motifs is 1. The van der Waals surface area contributed by atoms with Gasteiger partial charge in [0.2, 0.25) is 5.91 Å². The average molecular weight is 261 g/mol. The molecule has 102 valence electrons. The Kier molecular flexibility index (Phi) is 3.46. The molecule has 2 rings (SSSR count). The minimum absolute atomic E-state index is 0.260. The predicted molar refractivity (Wildman–Crippen MR) is 74.0 cm³/mol. The number of nitrogens with two attached hydrogens (primary N) is 1. The lowest BCUT2D eigenvalue weighted by atomic mass is 9.96. The van der Waals surface area contributed by atoms with E-state index in [9.17, 15) is 9.59 Å². The van der Waals surface area contributed by atoms with Crippen molar-refractivity contribution in [2.24, 2.45) is 5.73 Å². The Morgan fingerprint density at radius 3 is 2.79 bits per heavy atom. The van der Waals surface area contributed by atoms with Crippen molar-refractivity contribution in [3.63, 3.8) is 0 Å². The largest absolute Gasteiger partial charge is 0.385 e. The van der Waals surface area contributed by atoms with Crippen molar-refractivity contribution in [2.45, 2.75) is 32.2 Å². The number of hydrogen-bond acceptors (Lipinski definition) is 3. The molecular weight excluding hydrogens is 242 g/mol. The van der Waals surface area contributed by atoms with Crippen LogP contribution in [0.25, 0.3) is 0 Å². The third kappa shape index (κ3) is 2.70. The first-order valence-corrected chi connectivity index (χ1v) is 6.40. The molecule has 1 aromatic carbocycles. The van der Waals surface area contributed by atoms with Gasteiger partial charge in [-0.15, -0.1) is 0 Å². The van der Waals surface area contributed by atoms with Crippen molar-refractivity contribution in [3.8, 4) is 0 Å². The van der Waals surface area contributed by atoms with E-state index in [1.54, 1.807) is 19.9 Å². The van der Waals surface area contributed by atoms with Gasteiger partial charge in [0.15, 0.2) is 0 Å². The van der Waals surface area contributed by atoms with Crippen LogP contribution in [0.5, 0.6) is 0 Å². The van der Waals surface area contributed by atoms with Crippen LogP contribution in [0.4, 0.5) is 5.69 Å². The van der Waals surface area contributed by atoms with E-state index >= 15 is 0 Å². The van der Waals surface area contributed by atoms with Gasteiger partial charge >= 0.3 is 0 Å². The van der Waals surface area contributed by atoms with Crippen molar-refractivity contribution in [3.05, 3.63) is 29.3 Å². The summed E-state index contributed by atoms with van der Waals surface area (Å²) in [6.07, 6.45) is 1.86. The van der Waals surface area contributed by atoms with E-state index < -0.39 is 11.4 Å². The van der Waals surface area contributed by atoms with Crippen molar-refractivity contribution in [2.75, 3.05) is 11.9 Å². The molecule has 1 aromatic rings. The minimum atomic E-state index is -1.05. The summed E-state index contributed by atoms with van der Waals surface area (Å²) in [5.74, 6) is -0.812. The predicted octanol–water partition coefficient (Wildman–Crippen LogP) is 1.04. The second kappa shape index (κ2) is 4.91. The molecule has 5 nitrogen and oxygen atoms in total. The number of carbonyl (C=O) groups is 2. The zero-order chi connectivity index (χ0) is 14.0. The van der Waals surface area contributed by atoms with Gasteiger partial charge < -0.3 is 16.4 Å². The van der Waals surface area contributed by atoms with E-state index in [2.05, 4.69) is 10.6 Å². The van der Waals surface area contributed by atoms with Crippen molar-refractivity contribution < 1.29 is 9.59 Å². The normalized spacial score (nSPS) is 14.2. The highest BCUT2D eigenvalue weighted by Crippen LogP contribution is 2.25. The number of carbonyl (C=O) groups excluding carboxylic acids is 2. The number of primary amides is 1. The standard InChI is InChI=1S/C14H19N3O2/c1-14(2,13(15)19)17-12(18)10-5-3-7-11-9(10)6-4-8-16-11/h3,5,7,16H,4,6,8H2,1-2H3,(H2,15,19)(H,17,18). The topological polar surface area (TPSA) is 84.2 Å². The molecule has 0 aromatic heterocycles. The summed E-state index contributed by atoms with van der Waals surface area (Å²) < 4.78 is 0. The molecule has 0 saturated carbocycles. The highest BCUT2D eigenvalue weighted by molar-refractivity contribution is 6.00. The molecule has 1 heterocycles. The number of nitrogens with one attached hydrogen (secondary N) is 2. The minimum Gasteiger partial charge on any atom is -0.385 e. The Balaban J connectivity index is 2.27. The molecule has 0 spiro atoms. The zero-order valence-corrected chi connectivity index (χ0v) is 11.2. The highest BCUT2D eigenvalue weighted by atomic mass is 16.2. The van der Waals surface area contributed by atoms with Crippen LogP contribution < -0.4 is 16.4 Å². The molecule has 1 aliphatic rings. The number of hydrogen-bond donors (Lipinski definition) is 3. The summed E-state index contributed by atoms with van der Waals surface area (Å²) >= 11 is 0. The summed E-state index contributed by atoms with van der Waals surface area (Å²) in [5.41, 5.74) is 6.83. The van der Waals surface area contributed by atoms with E-state index in [1.165, 1.54) is 0 Å². The van der Waals surface area contributed by atoms with Crippen LogP contribution in [0.2, 0.25) is 0 Å². The fraction of sp³-hybridized carbons (Fsp3) is 0.429. The van der Waals surface area contributed by atoms with E-state index in [4.69, 9.17) is 5.73 Å².